The lowest BCUT2D eigenvalue weighted by Crippen LogP contribution is -2.03. The molecule has 0 aromatic heterocycles. The molecular formula is C12H13NO. The van der Waals surface area contributed by atoms with E-state index in [1.807, 2.05) is 13.0 Å². The summed E-state index contributed by atoms with van der Waals surface area (Å²) in [4.78, 5) is 11.6. The van der Waals surface area contributed by atoms with Crippen molar-refractivity contribution < 1.29 is 4.79 Å². The Balaban J connectivity index is 2.98. The second-order valence-electron chi connectivity index (χ2n) is 3.12. The largest absolute Gasteiger partial charge is 0.398 e. The molecule has 0 saturated heterocycles. The number of carbonyl (C=O) groups excluding carboxylic acids is 1. The van der Waals surface area contributed by atoms with Gasteiger partial charge < -0.3 is 5.73 Å². The number of rotatable bonds is 2. The molecular weight excluding hydrogens is 174 g/mol. The third kappa shape index (κ3) is 2.37. The SMILES string of the molecule is CC#CCC(=O)c1cc(C)ccc1N. The standard InChI is InChI=1S/C12H13NO/c1-3-4-5-12(14)10-8-9(2)6-7-11(10)13/h6-8H,5,13H2,1-2H3. The van der Waals surface area contributed by atoms with Gasteiger partial charge in [0.15, 0.2) is 5.78 Å². The van der Waals surface area contributed by atoms with E-state index in [9.17, 15) is 4.79 Å². The first-order valence-corrected chi connectivity index (χ1v) is 4.44. The minimum absolute atomic E-state index is 0.0134. The lowest BCUT2D eigenvalue weighted by atomic mass is 10.0. The molecule has 0 bridgehead atoms. The molecule has 2 N–H and O–H groups in total. The average molecular weight is 187 g/mol. The molecule has 0 radical (unpaired) electrons. The van der Waals surface area contributed by atoms with Crippen LogP contribution in [0.15, 0.2) is 18.2 Å². The molecule has 72 valence electrons. The van der Waals surface area contributed by atoms with Gasteiger partial charge in [-0.2, -0.15) is 0 Å². The van der Waals surface area contributed by atoms with Gasteiger partial charge in [0.1, 0.15) is 0 Å². The van der Waals surface area contributed by atoms with Crippen molar-refractivity contribution in [2.75, 3.05) is 5.73 Å². The van der Waals surface area contributed by atoms with Gasteiger partial charge in [-0.25, -0.2) is 0 Å². The van der Waals surface area contributed by atoms with Crippen molar-refractivity contribution in [1.29, 1.82) is 0 Å². The summed E-state index contributed by atoms with van der Waals surface area (Å²) < 4.78 is 0. The lowest BCUT2D eigenvalue weighted by molar-refractivity contribution is 0.0999. The second-order valence-corrected chi connectivity index (χ2v) is 3.12. The van der Waals surface area contributed by atoms with Crippen molar-refractivity contribution >= 4 is 11.5 Å². The fourth-order valence-corrected chi connectivity index (χ4v) is 1.18. The molecule has 0 fully saturated rings. The molecule has 0 aliphatic heterocycles. The van der Waals surface area contributed by atoms with Crippen molar-refractivity contribution in [3.63, 3.8) is 0 Å². The number of ketones is 1. The highest BCUT2D eigenvalue weighted by Gasteiger charge is 2.07. The van der Waals surface area contributed by atoms with Gasteiger partial charge in [0.25, 0.3) is 0 Å². The Labute approximate surface area is 84.1 Å². The summed E-state index contributed by atoms with van der Waals surface area (Å²) in [5, 5.41) is 0. The number of anilines is 1. The third-order valence-electron chi connectivity index (χ3n) is 1.93. The Morgan fingerprint density at radius 3 is 2.86 bits per heavy atom. The van der Waals surface area contributed by atoms with Crippen LogP contribution in [0.2, 0.25) is 0 Å². The van der Waals surface area contributed by atoms with Gasteiger partial charge in [-0.1, -0.05) is 17.6 Å². The van der Waals surface area contributed by atoms with Crippen LogP contribution in [0.1, 0.15) is 29.3 Å². The van der Waals surface area contributed by atoms with Crippen molar-refractivity contribution in [2.24, 2.45) is 0 Å². The molecule has 2 heteroatoms. The smallest absolute Gasteiger partial charge is 0.176 e. The fourth-order valence-electron chi connectivity index (χ4n) is 1.18. The van der Waals surface area contributed by atoms with Crippen molar-refractivity contribution in [3.8, 4) is 11.8 Å². The van der Waals surface area contributed by atoms with Gasteiger partial charge in [-0.3, -0.25) is 4.79 Å². The molecule has 0 aliphatic rings. The number of hydrogen-bond donors (Lipinski definition) is 1. The summed E-state index contributed by atoms with van der Waals surface area (Å²) in [6, 6.07) is 5.44. The van der Waals surface area contributed by atoms with E-state index >= 15 is 0 Å². The molecule has 0 spiro atoms. The maximum Gasteiger partial charge on any atom is 0.176 e. The zero-order valence-corrected chi connectivity index (χ0v) is 8.42. The number of benzene rings is 1. The van der Waals surface area contributed by atoms with Crippen LogP contribution in [-0.4, -0.2) is 5.78 Å². The van der Waals surface area contributed by atoms with Crippen LogP contribution >= 0.6 is 0 Å². The summed E-state index contributed by atoms with van der Waals surface area (Å²) in [5.41, 5.74) is 7.83. The van der Waals surface area contributed by atoms with E-state index in [1.165, 1.54) is 0 Å². The predicted octanol–water partition coefficient (Wildman–Crippen LogP) is 2.17. The number of Topliss-reactive ketones (excluding diaryl/α,β-unsaturated/α-hetero) is 1. The zero-order valence-electron chi connectivity index (χ0n) is 8.42. The van der Waals surface area contributed by atoms with Crippen LogP contribution in [-0.2, 0) is 0 Å². The Kier molecular flexibility index (Phi) is 3.30. The molecule has 1 aromatic rings. The summed E-state index contributed by atoms with van der Waals surface area (Å²) in [6.45, 7) is 3.65. The number of aryl methyl sites for hydroxylation is 1. The Morgan fingerprint density at radius 2 is 2.21 bits per heavy atom. The number of nitrogens with two attached hydrogens (primary N) is 1. The van der Waals surface area contributed by atoms with E-state index in [0.717, 1.165) is 5.56 Å². The minimum atomic E-state index is -0.0134. The van der Waals surface area contributed by atoms with Gasteiger partial charge in [-0.15, -0.1) is 5.92 Å². The fraction of sp³-hybridized carbons (Fsp3) is 0.250. The van der Waals surface area contributed by atoms with Gasteiger partial charge in [0.2, 0.25) is 0 Å². The highest BCUT2D eigenvalue weighted by atomic mass is 16.1. The van der Waals surface area contributed by atoms with E-state index in [4.69, 9.17) is 5.73 Å². The van der Waals surface area contributed by atoms with Crippen LogP contribution in [0.4, 0.5) is 5.69 Å². The molecule has 0 aliphatic carbocycles. The average Bonchev–Trinajstić information content (AvgIpc) is 2.18. The van der Waals surface area contributed by atoms with Crippen molar-refractivity contribution in [3.05, 3.63) is 29.3 Å². The second kappa shape index (κ2) is 4.48. The third-order valence-corrected chi connectivity index (χ3v) is 1.93. The predicted molar refractivity (Wildman–Crippen MR) is 58.0 cm³/mol. The minimum Gasteiger partial charge on any atom is -0.398 e. The summed E-state index contributed by atoms with van der Waals surface area (Å²) in [7, 11) is 0. The number of hydrogen-bond acceptors (Lipinski definition) is 2. The van der Waals surface area contributed by atoms with E-state index < -0.39 is 0 Å². The Hall–Kier alpha value is -1.75. The van der Waals surface area contributed by atoms with Crippen molar-refractivity contribution in [1.82, 2.24) is 0 Å². The first-order chi connectivity index (χ1) is 6.65. The molecule has 1 rings (SSSR count). The van der Waals surface area contributed by atoms with Gasteiger partial charge >= 0.3 is 0 Å². The summed E-state index contributed by atoms with van der Waals surface area (Å²) >= 11 is 0. The van der Waals surface area contributed by atoms with Gasteiger partial charge in [0, 0.05) is 11.3 Å². The Morgan fingerprint density at radius 1 is 1.50 bits per heavy atom. The zero-order chi connectivity index (χ0) is 10.6. The molecule has 0 saturated carbocycles. The van der Waals surface area contributed by atoms with Crippen LogP contribution in [0.3, 0.4) is 0 Å². The Bertz CT molecular complexity index is 410. The van der Waals surface area contributed by atoms with Crippen LogP contribution in [0.5, 0.6) is 0 Å². The van der Waals surface area contributed by atoms with E-state index in [1.54, 1.807) is 19.1 Å². The first kappa shape index (κ1) is 10.3. The van der Waals surface area contributed by atoms with E-state index in [0.29, 0.717) is 11.3 Å². The molecule has 0 heterocycles. The van der Waals surface area contributed by atoms with Crippen LogP contribution < -0.4 is 5.73 Å². The molecule has 0 atom stereocenters. The van der Waals surface area contributed by atoms with Gasteiger partial charge in [-0.05, 0) is 26.0 Å². The lowest BCUT2D eigenvalue weighted by Gasteiger charge is -2.03. The molecule has 1 aromatic carbocycles. The normalized spacial score (nSPS) is 9.00. The quantitative estimate of drug-likeness (QED) is 0.438. The van der Waals surface area contributed by atoms with Crippen LogP contribution in [0, 0.1) is 18.8 Å². The maximum atomic E-state index is 11.6. The van der Waals surface area contributed by atoms with Crippen molar-refractivity contribution in [2.45, 2.75) is 20.3 Å². The molecule has 0 unspecified atom stereocenters. The van der Waals surface area contributed by atoms with E-state index in [2.05, 4.69) is 11.8 Å². The highest BCUT2D eigenvalue weighted by Crippen LogP contribution is 2.15. The van der Waals surface area contributed by atoms with Crippen LogP contribution in [0.25, 0.3) is 0 Å². The number of nitrogen functional groups attached to an aromatic ring is 1. The molecule has 0 amide bonds. The maximum absolute atomic E-state index is 11.6. The van der Waals surface area contributed by atoms with E-state index in [-0.39, 0.29) is 12.2 Å². The summed E-state index contributed by atoms with van der Waals surface area (Å²) in [6.07, 6.45) is 0.240. The molecule has 14 heavy (non-hydrogen) atoms. The topological polar surface area (TPSA) is 43.1 Å². The number of carbonyl (C=O) groups is 1. The molecule has 2 nitrogen and oxygen atoms in total. The summed E-state index contributed by atoms with van der Waals surface area (Å²) in [5.74, 6) is 5.42. The first-order valence-electron chi connectivity index (χ1n) is 4.44. The highest BCUT2D eigenvalue weighted by molar-refractivity contribution is 6.02. The van der Waals surface area contributed by atoms with Gasteiger partial charge in [0.05, 0.1) is 6.42 Å². The monoisotopic (exact) mass is 187 g/mol.